The maximum absolute atomic E-state index is 3.80. The fourth-order valence-corrected chi connectivity index (χ4v) is 2.47. The average molecular weight is 217 g/mol. The molecule has 0 radical (unpaired) electrons. The van der Waals surface area contributed by atoms with Crippen LogP contribution in [0.5, 0.6) is 0 Å². The van der Waals surface area contributed by atoms with Crippen molar-refractivity contribution in [3.63, 3.8) is 0 Å². The third-order valence-corrected chi connectivity index (χ3v) is 3.95. The van der Waals surface area contributed by atoms with Gasteiger partial charge in [-0.15, -0.1) is 13.2 Å². The van der Waals surface area contributed by atoms with Crippen molar-refractivity contribution in [2.24, 2.45) is 0 Å². The van der Waals surface area contributed by atoms with Crippen molar-refractivity contribution >= 4 is 10.2 Å². The van der Waals surface area contributed by atoms with Crippen molar-refractivity contribution in [2.75, 3.05) is 13.1 Å². The Hall–Kier alpha value is -1.12. The Bertz CT molecular complexity index is 298. The molecule has 0 N–H and O–H groups in total. The lowest BCUT2D eigenvalue weighted by atomic mass is 10.2. The molecule has 0 spiro atoms. The monoisotopic (exact) mass is 217 g/mol. The SMILES string of the molecule is C=CCN(CC=C)[C@@H]([SiH3])c1ccccc1. The average Bonchev–Trinajstić information content (AvgIpc) is 2.29. The van der Waals surface area contributed by atoms with Crippen LogP contribution in [-0.4, -0.2) is 28.2 Å². The van der Waals surface area contributed by atoms with Gasteiger partial charge in [-0.2, -0.15) is 0 Å². The Kier molecular flexibility index (Phi) is 5.08. The highest BCUT2D eigenvalue weighted by atomic mass is 28.1. The summed E-state index contributed by atoms with van der Waals surface area (Å²) in [5, 5.41) is 0. The van der Waals surface area contributed by atoms with Crippen molar-refractivity contribution in [1.29, 1.82) is 0 Å². The zero-order valence-electron chi connectivity index (χ0n) is 9.39. The van der Waals surface area contributed by atoms with E-state index in [0.29, 0.717) is 5.67 Å². The fourth-order valence-electron chi connectivity index (χ4n) is 1.66. The Morgan fingerprint density at radius 1 is 1.13 bits per heavy atom. The highest BCUT2D eigenvalue weighted by Gasteiger charge is 2.11. The maximum atomic E-state index is 3.80. The van der Waals surface area contributed by atoms with E-state index >= 15 is 0 Å². The van der Waals surface area contributed by atoms with E-state index in [1.807, 2.05) is 12.2 Å². The fraction of sp³-hybridized carbons (Fsp3) is 0.231. The third-order valence-electron chi connectivity index (χ3n) is 2.56. The summed E-state index contributed by atoms with van der Waals surface area (Å²) in [6.07, 6.45) is 3.91. The van der Waals surface area contributed by atoms with Gasteiger partial charge < -0.3 is 0 Å². The van der Waals surface area contributed by atoms with Crippen LogP contribution in [0.3, 0.4) is 0 Å². The first kappa shape index (κ1) is 11.9. The van der Waals surface area contributed by atoms with Crippen LogP contribution in [0, 0.1) is 0 Å². The quantitative estimate of drug-likeness (QED) is 0.518. The van der Waals surface area contributed by atoms with E-state index in [1.165, 1.54) is 5.56 Å². The first-order chi connectivity index (χ1) is 7.29. The molecule has 0 unspecified atom stereocenters. The van der Waals surface area contributed by atoms with Crippen molar-refractivity contribution in [2.45, 2.75) is 5.67 Å². The lowest BCUT2D eigenvalue weighted by Crippen LogP contribution is -2.29. The van der Waals surface area contributed by atoms with Crippen molar-refractivity contribution < 1.29 is 0 Å². The summed E-state index contributed by atoms with van der Waals surface area (Å²) in [4.78, 5) is 2.39. The molecule has 0 saturated carbocycles. The van der Waals surface area contributed by atoms with E-state index in [4.69, 9.17) is 0 Å². The maximum Gasteiger partial charge on any atom is 0.0301 e. The molecule has 0 heterocycles. The van der Waals surface area contributed by atoms with Crippen LogP contribution in [0.2, 0.25) is 0 Å². The number of hydrogen-bond acceptors (Lipinski definition) is 1. The molecule has 2 heteroatoms. The van der Waals surface area contributed by atoms with Gasteiger partial charge >= 0.3 is 0 Å². The molecule has 1 aromatic carbocycles. The smallest absolute Gasteiger partial charge is 0.0301 e. The van der Waals surface area contributed by atoms with Gasteiger partial charge in [0.05, 0.1) is 0 Å². The molecule has 80 valence electrons. The molecule has 1 rings (SSSR count). The van der Waals surface area contributed by atoms with E-state index < -0.39 is 0 Å². The zero-order valence-corrected chi connectivity index (χ0v) is 11.4. The summed E-state index contributed by atoms with van der Waals surface area (Å²) < 4.78 is 0. The van der Waals surface area contributed by atoms with E-state index in [0.717, 1.165) is 23.3 Å². The van der Waals surface area contributed by atoms with Crippen molar-refractivity contribution in [3.8, 4) is 0 Å². The highest BCUT2D eigenvalue weighted by molar-refractivity contribution is 6.12. The number of benzene rings is 1. The second-order valence-corrected chi connectivity index (χ2v) is 4.71. The van der Waals surface area contributed by atoms with Crippen LogP contribution in [0.4, 0.5) is 0 Å². The summed E-state index contributed by atoms with van der Waals surface area (Å²) in [6.45, 7) is 9.45. The second-order valence-electron chi connectivity index (χ2n) is 3.62. The van der Waals surface area contributed by atoms with Crippen LogP contribution in [-0.2, 0) is 0 Å². The summed E-state index contributed by atoms with van der Waals surface area (Å²) >= 11 is 0. The molecule has 0 saturated heterocycles. The van der Waals surface area contributed by atoms with Crippen LogP contribution < -0.4 is 0 Å². The van der Waals surface area contributed by atoms with Gasteiger partial charge in [-0.3, -0.25) is 4.90 Å². The normalized spacial score (nSPS) is 12.6. The lowest BCUT2D eigenvalue weighted by molar-refractivity contribution is 0.312. The van der Waals surface area contributed by atoms with E-state index in [9.17, 15) is 0 Å². The molecule has 15 heavy (non-hydrogen) atoms. The van der Waals surface area contributed by atoms with Gasteiger partial charge in [-0.25, -0.2) is 0 Å². The number of nitrogens with zero attached hydrogens (tertiary/aromatic N) is 1. The van der Waals surface area contributed by atoms with Gasteiger partial charge in [-0.05, 0) is 5.56 Å². The zero-order chi connectivity index (χ0) is 11.1. The van der Waals surface area contributed by atoms with Crippen LogP contribution in [0.1, 0.15) is 11.2 Å². The van der Waals surface area contributed by atoms with Gasteiger partial charge in [0.2, 0.25) is 0 Å². The van der Waals surface area contributed by atoms with Gasteiger partial charge in [0.15, 0.2) is 0 Å². The summed E-state index contributed by atoms with van der Waals surface area (Å²) in [7, 11) is 1.12. The molecule has 1 nitrogen and oxygen atoms in total. The number of hydrogen-bond donors (Lipinski definition) is 0. The van der Waals surface area contributed by atoms with Gasteiger partial charge in [-0.1, -0.05) is 42.5 Å². The number of rotatable bonds is 6. The topological polar surface area (TPSA) is 3.24 Å². The standard InChI is InChI=1S/C13H19NSi/c1-3-10-14(11-4-2)13(15)12-8-6-5-7-9-12/h3-9,13H,1-2,10-11H2,15H3/t13-/m0/s1. The summed E-state index contributed by atoms with van der Waals surface area (Å²) in [5.41, 5.74) is 1.94. The van der Waals surface area contributed by atoms with Gasteiger partial charge in [0.1, 0.15) is 0 Å². The Morgan fingerprint density at radius 2 is 1.67 bits per heavy atom. The Morgan fingerprint density at radius 3 is 2.13 bits per heavy atom. The second kappa shape index (κ2) is 6.38. The van der Waals surface area contributed by atoms with Crippen LogP contribution >= 0.6 is 0 Å². The molecule has 0 aliphatic rings. The molecule has 0 bridgehead atoms. The van der Waals surface area contributed by atoms with Gasteiger partial charge in [0.25, 0.3) is 0 Å². The molecule has 0 aromatic heterocycles. The summed E-state index contributed by atoms with van der Waals surface area (Å²) in [6, 6.07) is 10.6. The first-order valence-electron chi connectivity index (χ1n) is 5.30. The Labute approximate surface area is 95.5 Å². The minimum absolute atomic E-state index is 0.544. The highest BCUT2D eigenvalue weighted by Crippen LogP contribution is 2.16. The van der Waals surface area contributed by atoms with Crippen molar-refractivity contribution in [1.82, 2.24) is 4.90 Å². The van der Waals surface area contributed by atoms with E-state index in [2.05, 4.69) is 48.4 Å². The molecule has 0 amide bonds. The third kappa shape index (κ3) is 3.50. The molecular weight excluding hydrogens is 198 g/mol. The largest absolute Gasteiger partial charge is 0.293 e. The minimum Gasteiger partial charge on any atom is -0.293 e. The molecule has 1 aromatic rings. The molecule has 0 fully saturated rings. The predicted octanol–water partition coefficient (Wildman–Crippen LogP) is 1.72. The molecule has 1 atom stereocenters. The van der Waals surface area contributed by atoms with E-state index in [-0.39, 0.29) is 0 Å². The molecule has 0 aliphatic carbocycles. The summed E-state index contributed by atoms with van der Waals surface area (Å²) in [5.74, 6) is 0. The van der Waals surface area contributed by atoms with Crippen molar-refractivity contribution in [3.05, 3.63) is 61.2 Å². The first-order valence-corrected chi connectivity index (χ1v) is 6.46. The van der Waals surface area contributed by atoms with E-state index in [1.54, 1.807) is 0 Å². The Balaban J connectivity index is 2.75. The van der Waals surface area contributed by atoms with Crippen LogP contribution in [0.15, 0.2) is 55.6 Å². The predicted molar refractivity (Wildman–Crippen MR) is 71.1 cm³/mol. The van der Waals surface area contributed by atoms with Gasteiger partial charge in [0, 0.05) is 29.0 Å². The lowest BCUT2D eigenvalue weighted by Gasteiger charge is -2.27. The minimum atomic E-state index is 0.544. The molecular formula is C13H19NSi. The van der Waals surface area contributed by atoms with Crippen LogP contribution in [0.25, 0.3) is 0 Å². The molecule has 0 aliphatic heterocycles.